The molecule has 2 N–H and O–H groups in total. The van der Waals surface area contributed by atoms with Crippen LogP contribution in [0.4, 0.5) is 13.6 Å². The number of amides is 1. The van der Waals surface area contributed by atoms with Gasteiger partial charge in [0.05, 0.1) is 32.0 Å². The number of carbonyl (C=O) groups is 1. The number of carbonyl (C=O) groups excluding carboxylic acids is 1. The van der Waals surface area contributed by atoms with E-state index in [2.05, 4.69) is 12.7 Å². The molecule has 3 aromatic rings. The maximum absolute atomic E-state index is 14.7. The first kappa shape index (κ1) is 44.2. The van der Waals surface area contributed by atoms with E-state index < -0.39 is 35.9 Å². The Morgan fingerprint density at radius 1 is 1.02 bits per heavy atom. The predicted molar refractivity (Wildman–Crippen MR) is 225 cm³/mol. The van der Waals surface area contributed by atoms with Crippen molar-refractivity contribution in [2.24, 2.45) is 22.9 Å². The lowest BCUT2D eigenvalue weighted by molar-refractivity contribution is -0.256. The zero-order chi connectivity index (χ0) is 42.8. The lowest BCUT2D eigenvalue weighted by atomic mass is 9.55. The zero-order valence-corrected chi connectivity index (χ0v) is 34.9. The first-order valence-corrected chi connectivity index (χ1v) is 21.6. The van der Waals surface area contributed by atoms with E-state index >= 15 is 0 Å². The number of hydrogen-bond donors (Lipinski definition) is 2. The number of halogens is 2. The molecular formula is C48H58F2N2O9. The Kier molecular flexibility index (Phi) is 15.1. The largest absolute Gasteiger partial charge is 0.489 e. The van der Waals surface area contributed by atoms with E-state index in [1.807, 2.05) is 12.1 Å². The van der Waals surface area contributed by atoms with Gasteiger partial charge in [-0.05, 0) is 97.9 Å². The average Bonchev–Trinajstić information content (AvgIpc) is 3.28. The summed E-state index contributed by atoms with van der Waals surface area (Å²) in [6, 6.07) is 17.2. The summed E-state index contributed by atoms with van der Waals surface area (Å²) in [5.74, 6) is -2.14. The molecule has 7 unspecified atom stereocenters. The molecule has 2 heterocycles. The van der Waals surface area contributed by atoms with Crippen LogP contribution in [0.15, 0.2) is 96.2 Å². The van der Waals surface area contributed by atoms with Crippen molar-refractivity contribution in [1.29, 1.82) is 0 Å². The summed E-state index contributed by atoms with van der Waals surface area (Å²) in [7, 11) is 1.32. The van der Waals surface area contributed by atoms with E-state index in [1.165, 1.54) is 25.3 Å². The Morgan fingerprint density at radius 2 is 1.80 bits per heavy atom. The molecule has 1 saturated carbocycles. The molecule has 2 aliphatic heterocycles. The summed E-state index contributed by atoms with van der Waals surface area (Å²) in [4.78, 5) is 22.0. The monoisotopic (exact) mass is 844 g/mol. The number of fused-ring (bicyclic) bond motifs is 2. The van der Waals surface area contributed by atoms with Gasteiger partial charge >= 0.3 is 6.09 Å². The van der Waals surface area contributed by atoms with Crippen LogP contribution >= 0.6 is 0 Å². The van der Waals surface area contributed by atoms with E-state index in [-0.39, 0.29) is 63.0 Å². The predicted octanol–water partition coefficient (Wildman–Crippen LogP) is 8.97. The number of benzene rings is 3. The van der Waals surface area contributed by atoms with Crippen molar-refractivity contribution in [3.05, 3.63) is 119 Å². The highest BCUT2D eigenvalue weighted by molar-refractivity contribution is 6.03. The molecule has 4 aliphatic rings. The summed E-state index contributed by atoms with van der Waals surface area (Å²) in [6.07, 6.45) is 9.73. The Balaban J connectivity index is 1.43. The number of methoxy groups -OCH3 is 1. The summed E-state index contributed by atoms with van der Waals surface area (Å²) in [5.41, 5.74) is 3.42. The minimum atomic E-state index is -1.53. The molecule has 2 aliphatic carbocycles. The summed E-state index contributed by atoms with van der Waals surface area (Å²) >= 11 is 0. The van der Waals surface area contributed by atoms with E-state index in [9.17, 15) is 23.8 Å². The molecule has 7 rings (SSSR count). The average molecular weight is 845 g/mol. The number of hydrogen-bond acceptors (Lipinski definition) is 10. The van der Waals surface area contributed by atoms with Crippen LogP contribution in [-0.4, -0.2) is 78.6 Å². The SMILES string of the molecule is C=CCOC12Oc3ccc(OCc4ccccc4F)cc3C3C(CCCCO)C(CCCCO)C=C(C(=NOC4CCCCO4)CC1N(Cc1ccc(F)cc1)C(=O)OC)C32. The zero-order valence-electron chi connectivity index (χ0n) is 34.9. The summed E-state index contributed by atoms with van der Waals surface area (Å²) in [5, 5.41) is 24.7. The number of aliphatic hydroxyl groups is 2. The number of unbranched alkanes of at least 4 members (excludes halogenated alkanes) is 2. The molecule has 0 spiro atoms. The molecule has 328 valence electrons. The van der Waals surface area contributed by atoms with Gasteiger partial charge in [0.15, 0.2) is 0 Å². The number of nitrogens with zero attached hydrogens (tertiary/aromatic N) is 2. The van der Waals surface area contributed by atoms with Crippen LogP contribution in [0.2, 0.25) is 0 Å². The second-order valence-electron chi connectivity index (χ2n) is 16.3. The van der Waals surface area contributed by atoms with Gasteiger partial charge in [-0.25, -0.2) is 13.6 Å². The first-order chi connectivity index (χ1) is 29.8. The molecule has 0 bridgehead atoms. The van der Waals surface area contributed by atoms with Crippen molar-refractivity contribution in [2.75, 3.05) is 33.5 Å². The lowest BCUT2D eigenvalue weighted by Gasteiger charge is -2.59. The van der Waals surface area contributed by atoms with E-state index in [0.29, 0.717) is 54.2 Å². The van der Waals surface area contributed by atoms with Crippen molar-refractivity contribution in [3.63, 3.8) is 0 Å². The van der Waals surface area contributed by atoms with Gasteiger partial charge in [-0.2, -0.15) is 0 Å². The maximum atomic E-state index is 14.7. The molecular weight excluding hydrogens is 787 g/mol. The van der Waals surface area contributed by atoms with Gasteiger partial charge in [-0.3, -0.25) is 4.90 Å². The fraction of sp³-hybridized carbons (Fsp3) is 0.500. The van der Waals surface area contributed by atoms with Crippen LogP contribution < -0.4 is 9.47 Å². The number of allylic oxidation sites excluding steroid dienone is 1. The third-order valence-corrected chi connectivity index (χ3v) is 12.5. The van der Waals surface area contributed by atoms with Crippen LogP contribution in [0.1, 0.15) is 86.8 Å². The summed E-state index contributed by atoms with van der Waals surface area (Å²) < 4.78 is 60.9. The molecule has 0 aromatic heterocycles. The normalized spacial score (nSPS) is 26.0. The van der Waals surface area contributed by atoms with E-state index in [0.717, 1.165) is 49.7 Å². The van der Waals surface area contributed by atoms with Crippen molar-refractivity contribution >= 4 is 11.8 Å². The Morgan fingerprint density at radius 3 is 2.52 bits per heavy atom. The molecule has 1 amide bonds. The molecule has 2 fully saturated rings. The molecule has 0 radical (unpaired) electrons. The number of aliphatic hydroxyl groups excluding tert-OH is 2. The molecule has 3 aromatic carbocycles. The fourth-order valence-electron chi connectivity index (χ4n) is 9.64. The molecule has 11 nitrogen and oxygen atoms in total. The third-order valence-electron chi connectivity index (χ3n) is 12.5. The first-order valence-electron chi connectivity index (χ1n) is 21.6. The van der Waals surface area contributed by atoms with Crippen molar-refractivity contribution in [1.82, 2.24) is 4.90 Å². The Hall–Kier alpha value is -4.82. The van der Waals surface area contributed by atoms with Gasteiger partial charge < -0.3 is 38.7 Å². The third kappa shape index (κ3) is 9.96. The number of oxime groups is 1. The van der Waals surface area contributed by atoms with Gasteiger partial charge in [0, 0.05) is 49.6 Å². The highest BCUT2D eigenvalue weighted by atomic mass is 19.1. The lowest BCUT2D eigenvalue weighted by Crippen LogP contribution is -2.70. The Labute approximate surface area is 356 Å². The number of ether oxygens (including phenoxy) is 5. The molecule has 1 saturated heterocycles. The van der Waals surface area contributed by atoms with Crippen LogP contribution in [0.5, 0.6) is 11.5 Å². The second kappa shape index (κ2) is 20.8. The quantitative estimate of drug-likeness (QED) is 0.0691. The van der Waals surface area contributed by atoms with Crippen LogP contribution in [0.3, 0.4) is 0 Å². The second-order valence-corrected chi connectivity index (χ2v) is 16.3. The minimum absolute atomic E-state index is 0.0103. The van der Waals surface area contributed by atoms with Crippen LogP contribution in [-0.2, 0) is 32.2 Å². The minimum Gasteiger partial charge on any atom is -0.489 e. The standard InChI is InChI=1S/C48H58F2N2O9/c1-3-25-59-48-43(52(47(55)56-2)30-32-17-19-35(49)20-18-32)29-41(51-61-44-16-8-11-26-57-44)38-27-33(12-6-9-23-53)37(14-7-10-24-54)45(46(38)48)39-28-36(21-22-42(39)60-48)58-31-34-13-4-5-15-40(34)50/h3-5,13,15,17-22,27-28,33,37,43-46,53-54H,1,6-12,14,16,23-26,29-31H2,2H3. The maximum Gasteiger partial charge on any atom is 0.410 e. The van der Waals surface area contributed by atoms with Gasteiger partial charge in [0.2, 0.25) is 12.1 Å². The van der Waals surface area contributed by atoms with Gasteiger partial charge in [0.1, 0.15) is 35.8 Å². The van der Waals surface area contributed by atoms with Crippen molar-refractivity contribution < 1.29 is 52.3 Å². The highest BCUT2D eigenvalue weighted by Gasteiger charge is 2.65. The van der Waals surface area contributed by atoms with Crippen LogP contribution in [0.25, 0.3) is 0 Å². The Bertz CT molecular complexity index is 2000. The highest BCUT2D eigenvalue weighted by Crippen LogP contribution is 2.62. The van der Waals surface area contributed by atoms with Gasteiger partial charge in [-0.15, -0.1) is 6.58 Å². The van der Waals surface area contributed by atoms with Gasteiger partial charge in [0.25, 0.3) is 0 Å². The van der Waals surface area contributed by atoms with Crippen molar-refractivity contribution in [2.45, 2.75) is 101 Å². The van der Waals surface area contributed by atoms with E-state index in [4.69, 9.17) is 33.7 Å². The topological polar surface area (TPSA) is 129 Å². The van der Waals surface area contributed by atoms with Crippen LogP contribution in [0, 0.1) is 29.4 Å². The van der Waals surface area contributed by atoms with Crippen molar-refractivity contribution in [3.8, 4) is 11.5 Å². The molecule has 7 atom stereocenters. The summed E-state index contributed by atoms with van der Waals surface area (Å²) in [6.45, 7) is 4.80. The molecule has 13 heteroatoms. The van der Waals surface area contributed by atoms with E-state index in [1.54, 1.807) is 47.4 Å². The molecule has 61 heavy (non-hydrogen) atoms. The smallest absolute Gasteiger partial charge is 0.410 e. The fourth-order valence-corrected chi connectivity index (χ4v) is 9.64. The number of rotatable bonds is 19. The van der Waals surface area contributed by atoms with Gasteiger partial charge in [-0.1, -0.05) is 60.5 Å².